The van der Waals surface area contributed by atoms with E-state index < -0.39 is 9.84 Å². The number of hydrogen-bond acceptors (Lipinski definition) is 4. The van der Waals surface area contributed by atoms with Gasteiger partial charge in [-0.2, -0.15) is 0 Å². The van der Waals surface area contributed by atoms with Crippen molar-refractivity contribution in [1.29, 1.82) is 0 Å². The quantitative estimate of drug-likeness (QED) is 0.604. The molecule has 0 aromatic rings. The second-order valence-corrected chi connectivity index (χ2v) is 6.24. The molecule has 2 N–H and O–H groups in total. The monoisotopic (exact) mass is 223 g/mol. The molecule has 0 aliphatic heterocycles. The molecule has 0 aliphatic rings. The van der Waals surface area contributed by atoms with Gasteiger partial charge >= 0.3 is 0 Å². The van der Waals surface area contributed by atoms with Crippen molar-refractivity contribution in [1.82, 2.24) is 5.32 Å². The first-order valence-electron chi connectivity index (χ1n) is 4.86. The predicted octanol–water partition coefficient (Wildman–Crippen LogP) is 0.172. The highest BCUT2D eigenvalue weighted by Crippen LogP contribution is 2.07. The molecule has 1 atom stereocenters. The van der Waals surface area contributed by atoms with Crippen molar-refractivity contribution in [2.24, 2.45) is 0 Å². The van der Waals surface area contributed by atoms with Crippen molar-refractivity contribution in [2.75, 3.05) is 25.2 Å². The van der Waals surface area contributed by atoms with Crippen LogP contribution in [0.25, 0.3) is 0 Å². The minimum Gasteiger partial charge on any atom is -0.394 e. The zero-order valence-corrected chi connectivity index (χ0v) is 10.0. The van der Waals surface area contributed by atoms with Crippen LogP contribution in [-0.2, 0) is 9.84 Å². The maximum atomic E-state index is 10.8. The summed E-state index contributed by atoms with van der Waals surface area (Å²) in [5.74, 6) is 0.200. The van der Waals surface area contributed by atoms with Gasteiger partial charge in [-0.15, -0.1) is 0 Å². The lowest BCUT2D eigenvalue weighted by atomic mass is 10.0. The average molecular weight is 223 g/mol. The minimum atomic E-state index is -2.86. The summed E-state index contributed by atoms with van der Waals surface area (Å²) in [5, 5.41) is 12.2. The Morgan fingerprint density at radius 2 is 2.00 bits per heavy atom. The Balaban J connectivity index is 3.74. The second-order valence-electron chi connectivity index (χ2n) is 3.98. The molecular weight excluding hydrogens is 202 g/mol. The van der Waals surface area contributed by atoms with Crippen LogP contribution in [-0.4, -0.2) is 44.2 Å². The SMILES string of the molecule is CCC(C)(CO)NCCCS(C)(=O)=O. The van der Waals surface area contributed by atoms with Crippen LogP contribution in [0.1, 0.15) is 26.7 Å². The highest BCUT2D eigenvalue weighted by molar-refractivity contribution is 7.90. The number of sulfone groups is 1. The predicted molar refractivity (Wildman–Crippen MR) is 58.1 cm³/mol. The summed E-state index contributed by atoms with van der Waals surface area (Å²) < 4.78 is 21.6. The number of nitrogens with one attached hydrogen (secondary N) is 1. The van der Waals surface area contributed by atoms with Crippen molar-refractivity contribution in [3.63, 3.8) is 0 Å². The molecule has 86 valence electrons. The van der Waals surface area contributed by atoms with Gasteiger partial charge < -0.3 is 10.4 Å². The molecule has 4 nitrogen and oxygen atoms in total. The second kappa shape index (κ2) is 5.68. The molecule has 0 saturated heterocycles. The first-order chi connectivity index (χ1) is 6.33. The summed E-state index contributed by atoms with van der Waals surface area (Å²) in [6.07, 6.45) is 2.65. The summed E-state index contributed by atoms with van der Waals surface area (Å²) in [7, 11) is -2.86. The molecule has 0 aliphatic carbocycles. The third-order valence-electron chi connectivity index (χ3n) is 2.37. The van der Waals surface area contributed by atoms with Gasteiger partial charge in [-0.3, -0.25) is 0 Å². The van der Waals surface area contributed by atoms with Crippen LogP contribution in [0, 0.1) is 0 Å². The van der Waals surface area contributed by atoms with Crippen LogP contribution in [0.15, 0.2) is 0 Å². The first kappa shape index (κ1) is 13.9. The van der Waals surface area contributed by atoms with E-state index in [0.29, 0.717) is 13.0 Å². The molecule has 0 saturated carbocycles. The highest BCUT2D eigenvalue weighted by Gasteiger charge is 2.19. The molecular formula is C9H21NO3S. The number of rotatable bonds is 7. The van der Waals surface area contributed by atoms with Crippen molar-refractivity contribution in [3.05, 3.63) is 0 Å². The van der Waals surface area contributed by atoms with Gasteiger partial charge in [-0.05, 0) is 26.3 Å². The van der Waals surface area contributed by atoms with Crippen LogP contribution in [0.5, 0.6) is 0 Å². The molecule has 0 rings (SSSR count). The van der Waals surface area contributed by atoms with Gasteiger partial charge in [-0.1, -0.05) is 6.92 Å². The van der Waals surface area contributed by atoms with E-state index in [1.54, 1.807) is 0 Å². The van der Waals surface area contributed by atoms with Gasteiger partial charge in [0.15, 0.2) is 0 Å². The van der Waals surface area contributed by atoms with Crippen LogP contribution < -0.4 is 5.32 Å². The van der Waals surface area contributed by atoms with Crippen LogP contribution in [0.4, 0.5) is 0 Å². The van der Waals surface area contributed by atoms with E-state index in [4.69, 9.17) is 5.11 Å². The Bertz CT molecular complexity index is 245. The molecule has 0 aromatic heterocycles. The maximum absolute atomic E-state index is 10.8. The largest absolute Gasteiger partial charge is 0.394 e. The van der Waals surface area contributed by atoms with Gasteiger partial charge in [0, 0.05) is 11.8 Å². The Morgan fingerprint density at radius 3 is 2.36 bits per heavy atom. The molecule has 0 spiro atoms. The zero-order valence-electron chi connectivity index (χ0n) is 9.21. The normalized spacial score (nSPS) is 16.6. The van der Waals surface area contributed by atoms with Crippen LogP contribution in [0.2, 0.25) is 0 Å². The smallest absolute Gasteiger partial charge is 0.147 e. The standard InChI is InChI=1S/C9H21NO3S/c1-4-9(2,8-11)10-6-5-7-14(3,12)13/h10-11H,4-8H2,1-3H3. The summed E-state index contributed by atoms with van der Waals surface area (Å²) in [6.45, 7) is 4.60. The number of aliphatic hydroxyl groups is 1. The molecule has 0 aromatic carbocycles. The van der Waals surface area contributed by atoms with E-state index in [1.807, 2.05) is 13.8 Å². The lowest BCUT2D eigenvalue weighted by molar-refractivity contribution is 0.171. The Labute approximate surface area is 86.6 Å². The van der Waals surface area contributed by atoms with E-state index in [1.165, 1.54) is 6.26 Å². The zero-order chi connectivity index (χ0) is 11.2. The van der Waals surface area contributed by atoms with Gasteiger partial charge in [-0.25, -0.2) is 8.42 Å². The molecule has 1 unspecified atom stereocenters. The van der Waals surface area contributed by atoms with Gasteiger partial charge in [0.1, 0.15) is 9.84 Å². The lowest BCUT2D eigenvalue weighted by Gasteiger charge is -2.27. The van der Waals surface area contributed by atoms with Gasteiger partial charge in [0.2, 0.25) is 0 Å². The fraction of sp³-hybridized carbons (Fsp3) is 1.00. The fourth-order valence-electron chi connectivity index (χ4n) is 1.02. The average Bonchev–Trinajstić information content (AvgIpc) is 2.11. The topological polar surface area (TPSA) is 66.4 Å². The highest BCUT2D eigenvalue weighted by atomic mass is 32.2. The van der Waals surface area contributed by atoms with E-state index >= 15 is 0 Å². The molecule has 0 radical (unpaired) electrons. The lowest BCUT2D eigenvalue weighted by Crippen LogP contribution is -2.45. The summed E-state index contributed by atoms with van der Waals surface area (Å²) in [6, 6.07) is 0. The van der Waals surface area contributed by atoms with Crippen molar-refractivity contribution >= 4 is 9.84 Å². The summed E-state index contributed by atoms with van der Waals surface area (Å²) in [5.41, 5.74) is -0.280. The molecule has 0 bridgehead atoms. The third-order valence-corrected chi connectivity index (χ3v) is 3.40. The number of aliphatic hydroxyl groups excluding tert-OH is 1. The van der Waals surface area contributed by atoms with E-state index in [9.17, 15) is 8.42 Å². The molecule has 5 heteroatoms. The molecule has 14 heavy (non-hydrogen) atoms. The molecule has 0 heterocycles. The van der Waals surface area contributed by atoms with E-state index in [0.717, 1.165) is 6.42 Å². The first-order valence-corrected chi connectivity index (χ1v) is 6.92. The molecule has 0 amide bonds. The number of hydrogen-bond donors (Lipinski definition) is 2. The van der Waals surface area contributed by atoms with Gasteiger partial charge in [0.05, 0.1) is 12.4 Å². The van der Waals surface area contributed by atoms with E-state index in [2.05, 4.69) is 5.32 Å². The Morgan fingerprint density at radius 1 is 1.43 bits per heavy atom. The Kier molecular flexibility index (Phi) is 5.63. The summed E-state index contributed by atoms with van der Waals surface area (Å²) >= 11 is 0. The van der Waals surface area contributed by atoms with Crippen molar-refractivity contribution in [3.8, 4) is 0 Å². The Hall–Kier alpha value is -0.130. The van der Waals surface area contributed by atoms with E-state index in [-0.39, 0.29) is 17.9 Å². The third kappa shape index (κ3) is 6.34. The van der Waals surface area contributed by atoms with Crippen LogP contribution >= 0.6 is 0 Å². The van der Waals surface area contributed by atoms with Crippen molar-refractivity contribution in [2.45, 2.75) is 32.2 Å². The summed E-state index contributed by atoms with van der Waals surface area (Å²) in [4.78, 5) is 0. The van der Waals surface area contributed by atoms with Crippen LogP contribution in [0.3, 0.4) is 0 Å². The maximum Gasteiger partial charge on any atom is 0.147 e. The fourth-order valence-corrected chi connectivity index (χ4v) is 1.69. The van der Waals surface area contributed by atoms with Crippen molar-refractivity contribution < 1.29 is 13.5 Å². The molecule has 0 fully saturated rings. The minimum absolute atomic E-state index is 0.0718. The van der Waals surface area contributed by atoms with Gasteiger partial charge in [0.25, 0.3) is 0 Å².